The van der Waals surface area contributed by atoms with Crippen LogP contribution in [0.25, 0.3) is 22.3 Å². The zero-order valence-corrected chi connectivity index (χ0v) is 27.0. The molecule has 1 saturated heterocycles. The Balaban J connectivity index is 0.963. The lowest BCUT2D eigenvalue weighted by molar-refractivity contribution is 0.0272. The molecule has 0 spiro atoms. The van der Waals surface area contributed by atoms with Crippen LogP contribution in [0.3, 0.4) is 0 Å². The first-order chi connectivity index (χ1) is 22.4. The van der Waals surface area contributed by atoms with E-state index in [1.165, 1.54) is 35.1 Å². The molecule has 3 aliphatic rings. The fraction of sp³-hybridized carbons (Fsp3) is 0.432. The third-order valence-electron chi connectivity index (χ3n) is 10.1. The number of anilines is 1. The maximum atomic E-state index is 13.3. The number of rotatable bonds is 8. The van der Waals surface area contributed by atoms with Gasteiger partial charge in [0.1, 0.15) is 5.82 Å². The molecule has 1 amide bonds. The zero-order valence-electron chi connectivity index (χ0n) is 27.0. The number of piperazine rings is 1. The lowest BCUT2D eigenvalue weighted by atomic mass is 9.84. The second kappa shape index (κ2) is 13.4. The number of pyridine rings is 1. The summed E-state index contributed by atoms with van der Waals surface area (Å²) >= 11 is 0. The predicted octanol–water partition coefficient (Wildman–Crippen LogP) is 5.22. The molecule has 0 radical (unpaired) electrons. The van der Waals surface area contributed by atoms with Gasteiger partial charge in [-0.1, -0.05) is 42.5 Å². The summed E-state index contributed by atoms with van der Waals surface area (Å²) in [6.07, 6.45) is 11.7. The van der Waals surface area contributed by atoms with Crippen LogP contribution in [-0.2, 0) is 24.8 Å². The van der Waals surface area contributed by atoms with E-state index in [0.29, 0.717) is 18.2 Å². The van der Waals surface area contributed by atoms with Gasteiger partial charge in [-0.05, 0) is 79.5 Å². The van der Waals surface area contributed by atoms with Crippen molar-refractivity contribution in [2.24, 2.45) is 7.05 Å². The smallest absolute Gasteiger partial charge is 0.255 e. The van der Waals surface area contributed by atoms with Crippen LogP contribution in [0.4, 0.5) is 5.82 Å². The standard InChI is InChI=1S/C37H45N7O2/c1-42-15-17-44(18-16-42)34-7-3-5-28-19-27(13-14-31(28)34)26-11-9-25(10-12-26)24-46-35-8-4-6-33(35)41-37(45)32-20-29(21-39-36(32)38)30-22-40-43(2)23-30/h9-14,19-23,33-35H,3-8,15-18,24H2,1-2H3,(H2,38,39)(H,41,45)/t33-,34-,35-/m0/s1. The Morgan fingerprint density at radius 1 is 0.913 bits per heavy atom. The van der Waals surface area contributed by atoms with E-state index < -0.39 is 0 Å². The number of benzene rings is 2. The molecule has 46 heavy (non-hydrogen) atoms. The molecule has 7 rings (SSSR count). The summed E-state index contributed by atoms with van der Waals surface area (Å²) in [5.41, 5.74) is 14.9. The van der Waals surface area contributed by atoms with Crippen LogP contribution >= 0.6 is 0 Å². The number of likely N-dealkylation sites (N-methyl/N-ethyl adjacent to an activating group) is 1. The summed E-state index contributed by atoms with van der Waals surface area (Å²) in [6, 6.07) is 18.1. The van der Waals surface area contributed by atoms with Gasteiger partial charge in [0.05, 0.1) is 30.5 Å². The maximum absolute atomic E-state index is 13.3. The van der Waals surface area contributed by atoms with Gasteiger partial charge in [-0.15, -0.1) is 0 Å². The summed E-state index contributed by atoms with van der Waals surface area (Å²) < 4.78 is 8.10. The number of ether oxygens (including phenoxy) is 1. The van der Waals surface area contributed by atoms with E-state index >= 15 is 0 Å². The number of aromatic nitrogens is 3. The first kappa shape index (κ1) is 30.6. The van der Waals surface area contributed by atoms with Gasteiger partial charge in [-0.3, -0.25) is 14.4 Å². The van der Waals surface area contributed by atoms with Gasteiger partial charge in [0.2, 0.25) is 0 Å². The average Bonchev–Trinajstić information content (AvgIpc) is 3.72. The summed E-state index contributed by atoms with van der Waals surface area (Å²) in [5, 5.41) is 7.40. The Labute approximate surface area is 271 Å². The molecule has 2 fully saturated rings. The van der Waals surface area contributed by atoms with Gasteiger partial charge in [-0.25, -0.2) is 4.98 Å². The van der Waals surface area contributed by atoms with E-state index in [0.717, 1.165) is 68.6 Å². The van der Waals surface area contributed by atoms with Gasteiger partial charge in [0.15, 0.2) is 0 Å². The van der Waals surface area contributed by atoms with Crippen LogP contribution in [0.5, 0.6) is 0 Å². The minimum Gasteiger partial charge on any atom is -0.383 e. The van der Waals surface area contributed by atoms with Crippen molar-refractivity contribution in [1.29, 1.82) is 0 Å². The fourth-order valence-electron chi connectivity index (χ4n) is 7.40. The van der Waals surface area contributed by atoms with Crippen molar-refractivity contribution in [2.45, 2.75) is 63.3 Å². The third kappa shape index (κ3) is 6.58. The maximum Gasteiger partial charge on any atom is 0.255 e. The first-order valence-corrected chi connectivity index (χ1v) is 16.7. The molecule has 0 unspecified atom stereocenters. The number of aryl methyl sites for hydroxylation is 2. The van der Waals surface area contributed by atoms with Crippen molar-refractivity contribution in [3.63, 3.8) is 0 Å². The molecular formula is C37H45N7O2. The van der Waals surface area contributed by atoms with Crippen LogP contribution in [0.2, 0.25) is 0 Å². The Morgan fingerprint density at radius 3 is 2.50 bits per heavy atom. The number of hydrogen-bond donors (Lipinski definition) is 2. The van der Waals surface area contributed by atoms with Gasteiger partial charge in [0, 0.05) is 62.8 Å². The van der Waals surface area contributed by atoms with Crippen molar-refractivity contribution in [1.82, 2.24) is 29.9 Å². The van der Waals surface area contributed by atoms with Crippen molar-refractivity contribution in [2.75, 3.05) is 39.0 Å². The lowest BCUT2D eigenvalue weighted by Crippen LogP contribution is -2.46. The molecule has 3 atom stereocenters. The Hall–Kier alpha value is -4.05. The highest BCUT2D eigenvalue weighted by Crippen LogP contribution is 2.37. The zero-order chi connectivity index (χ0) is 31.6. The normalized spacial score (nSPS) is 22.1. The van der Waals surface area contributed by atoms with E-state index in [1.54, 1.807) is 23.1 Å². The molecule has 2 aromatic heterocycles. The number of carbonyl (C=O) groups excluding carboxylic acids is 1. The Kier molecular flexibility index (Phi) is 8.88. The van der Waals surface area contributed by atoms with E-state index in [2.05, 4.69) is 74.7 Å². The van der Waals surface area contributed by atoms with Gasteiger partial charge in [-0.2, -0.15) is 5.10 Å². The molecule has 2 aliphatic carbocycles. The molecule has 9 nitrogen and oxygen atoms in total. The lowest BCUT2D eigenvalue weighted by Gasteiger charge is -2.40. The Morgan fingerprint density at radius 2 is 1.72 bits per heavy atom. The van der Waals surface area contributed by atoms with Gasteiger partial charge in [0.25, 0.3) is 5.91 Å². The molecule has 0 bridgehead atoms. The molecule has 9 heteroatoms. The molecule has 3 heterocycles. The molecule has 1 aliphatic heterocycles. The van der Waals surface area contributed by atoms with Crippen molar-refractivity contribution in [3.8, 4) is 22.3 Å². The topological polar surface area (TPSA) is 102 Å². The number of fused-ring (bicyclic) bond motifs is 1. The first-order valence-electron chi connectivity index (χ1n) is 16.7. The molecular weight excluding hydrogens is 574 g/mol. The third-order valence-corrected chi connectivity index (χ3v) is 10.1. The number of nitrogens with two attached hydrogens (primary N) is 1. The summed E-state index contributed by atoms with van der Waals surface area (Å²) in [4.78, 5) is 22.7. The summed E-state index contributed by atoms with van der Waals surface area (Å²) in [5.74, 6) is -0.00466. The second-order valence-corrected chi connectivity index (χ2v) is 13.3. The quantitative estimate of drug-likeness (QED) is 0.279. The van der Waals surface area contributed by atoms with E-state index in [-0.39, 0.29) is 23.9 Å². The largest absolute Gasteiger partial charge is 0.383 e. The molecule has 4 aromatic rings. The Bertz CT molecular complexity index is 1680. The van der Waals surface area contributed by atoms with Crippen molar-refractivity contribution in [3.05, 3.63) is 89.4 Å². The SMILES string of the molecule is CN1CCN([C@H]2CCCc3cc(-c4ccc(CO[C@H]5CCC[C@@H]5NC(=O)c5cc(-c6cnn(C)c6)cnc5N)cc4)ccc32)CC1. The van der Waals surface area contributed by atoms with Gasteiger partial charge < -0.3 is 20.7 Å². The molecule has 3 N–H and O–H groups in total. The summed E-state index contributed by atoms with van der Waals surface area (Å²) in [6.45, 7) is 5.14. The summed E-state index contributed by atoms with van der Waals surface area (Å²) in [7, 11) is 4.08. The van der Waals surface area contributed by atoms with Gasteiger partial charge >= 0.3 is 0 Å². The number of carbonyl (C=O) groups is 1. The van der Waals surface area contributed by atoms with E-state index in [1.807, 2.05) is 13.2 Å². The van der Waals surface area contributed by atoms with Crippen molar-refractivity contribution >= 4 is 11.7 Å². The minimum atomic E-state index is -0.222. The van der Waals surface area contributed by atoms with E-state index in [4.69, 9.17) is 10.5 Å². The highest BCUT2D eigenvalue weighted by Gasteiger charge is 2.31. The number of amides is 1. The highest BCUT2D eigenvalue weighted by atomic mass is 16.5. The molecule has 240 valence electrons. The number of nitrogens with one attached hydrogen (secondary N) is 1. The average molecular weight is 620 g/mol. The number of nitrogen functional groups attached to an aromatic ring is 1. The molecule has 2 aromatic carbocycles. The van der Waals surface area contributed by atoms with E-state index in [9.17, 15) is 4.79 Å². The van der Waals surface area contributed by atoms with Crippen LogP contribution in [0.15, 0.2) is 67.1 Å². The van der Waals surface area contributed by atoms with Crippen LogP contribution in [-0.4, -0.2) is 75.8 Å². The van der Waals surface area contributed by atoms with Crippen molar-refractivity contribution < 1.29 is 9.53 Å². The number of nitrogens with zero attached hydrogens (tertiary/aromatic N) is 5. The minimum absolute atomic E-state index is 0.0480. The molecule has 1 saturated carbocycles. The fourth-order valence-corrected chi connectivity index (χ4v) is 7.40. The highest BCUT2D eigenvalue weighted by molar-refractivity contribution is 5.99. The monoisotopic (exact) mass is 619 g/mol. The van der Waals surface area contributed by atoms with Crippen LogP contribution in [0.1, 0.15) is 65.2 Å². The van der Waals surface area contributed by atoms with Crippen LogP contribution in [0, 0.1) is 0 Å². The second-order valence-electron chi connectivity index (χ2n) is 13.3. The predicted molar refractivity (Wildman–Crippen MR) is 181 cm³/mol. The van der Waals surface area contributed by atoms with Crippen LogP contribution < -0.4 is 11.1 Å². The number of hydrogen-bond acceptors (Lipinski definition) is 7.